The van der Waals surface area contributed by atoms with E-state index in [4.69, 9.17) is 24.9 Å². The monoisotopic (exact) mass is 868 g/mol. The van der Waals surface area contributed by atoms with Crippen molar-refractivity contribution in [1.29, 1.82) is 5.26 Å². The molecule has 6 heteroatoms. The van der Waals surface area contributed by atoms with Crippen LogP contribution in [0.15, 0.2) is 243 Å². The molecule has 0 N–H and O–H groups in total. The van der Waals surface area contributed by atoms with Gasteiger partial charge in [-0.15, -0.1) is 0 Å². The number of hydrogen-bond acceptors (Lipinski definition) is 6. The minimum atomic E-state index is 0.559. The third-order valence-electron chi connectivity index (χ3n) is 12.0. The maximum atomic E-state index is 9.55. The summed E-state index contributed by atoms with van der Waals surface area (Å²) in [6.45, 7) is 0. The van der Waals surface area contributed by atoms with Crippen LogP contribution in [0, 0.1) is 11.3 Å². The van der Waals surface area contributed by atoms with Gasteiger partial charge in [-0.25, -0.2) is 24.9 Å². The first-order valence-electron chi connectivity index (χ1n) is 22.5. The Morgan fingerprint density at radius 2 is 0.647 bits per heavy atom. The maximum absolute atomic E-state index is 9.55. The first-order valence-corrected chi connectivity index (χ1v) is 22.5. The van der Waals surface area contributed by atoms with Crippen LogP contribution in [0.5, 0.6) is 0 Å². The minimum absolute atomic E-state index is 0.559. The molecule has 0 aliphatic carbocycles. The fourth-order valence-electron chi connectivity index (χ4n) is 8.60. The van der Waals surface area contributed by atoms with Gasteiger partial charge in [-0.2, -0.15) is 5.26 Å². The Labute approximate surface area is 395 Å². The van der Waals surface area contributed by atoms with E-state index < -0.39 is 0 Å². The molecule has 0 saturated heterocycles. The Kier molecular flexibility index (Phi) is 11.3. The smallest absolute Gasteiger partial charge is 0.164 e. The Balaban J connectivity index is 1.04. The molecule has 2 aromatic heterocycles. The van der Waals surface area contributed by atoms with E-state index in [9.17, 15) is 5.26 Å². The van der Waals surface area contributed by atoms with Gasteiger partial charge in [-0.05, 0) is 87.0 Å². The molecule has 0 bridgehead atoms. The number of hydrogen-bond donors (Lipinski definition) is 0. The van der Waals surface area contributed by atoms with Gasteiger partial charge in [0.2, 0.25) is 0 Å². The summed E-state index contributed by atoms with van der Waals surface area (Å²) in [5.74, 6) is 2.34. The molecule has 0 aliphatic heterocycles. The summed E-state index contributed by atoms with van der Waals surface area (Å²) >= 11 is 0. The number of rotatable bonds is 10. The van der Waals surface area contributed by atoms with Crippen LogP contribution in [0.2, 0.25) is 0 Å². The fourth-order valence-corrected chi connectivity index (χ4v) is 8.60. The Bertz CT molecular complexity index is 3570. The van der Waals surface area contributed by atoms with E-state index in [1.54, 1.807) is 0 Å². The summed E-state index contributed by atoms with van der Waals surface area (Å²) in [5.41, 5.74) is 16.0. The zero-order valence-corrected chi connectivity index (χ0v) is 36.8. The predicted molar refractivity (Wildman–Crippen MR) is 274 cm³/mol. The van der Waals surface area contributed by atoms with Gasteiger partial charge < -0.3 is 0 Å². The molecule has 0 unspecified atom stereocenters. The van der Waals surface area contributed by atoms with Crippen molar-refractivity contribution in [3.8, 4) is 119 Å². The zero-order chi connectivity index (χ0) is 45.7. The molecule has 11 rings (SSSR count). The molecule has 318 valence electrons. The number of aromatic nitrogens is 5. The lowest BCUT2D eigenvalue weighted by Gasteiger charge is -2.16. The lowest BCUT2D eigenvalue weighted by Crippen LogP contribution is -2.01. The van der Waals surface area contributed by atoms with Crippen molar-refractivity contribution in [1.82, 2.24) is 24.9 Å². The van der Waals surface area contributed by atoms with E-state index in [0.29, 0.717) is 28.9 Å². The van der Waals surface area contributed by atoms with Crippen LogP contribution < -0.4 is 0 Å². The number of nitrogens with zero attached hydrogens (tertiary/aromatic N) is 6. The molecule has 0 spiro atoms. The van der Waals surface area contributed by atoms with Crippen LogP contribution in [0.4, 0.5) is 0 Å². The van der Waals surface area contributed by atoms with Crippen LogP contribution in [-0.2, 0) is 0 Å². The molecule has 2 heterocycles. The lowest BCUT2D eigenvalue weighted by atomic mass is 9.92. The average molecular weight is 869 g/mol. The second-order valence-electron chi connectivity index (χ2n) is 16.4. The second-order valence-corrected chi connectivity index (χ2v) is 16.4. The minimum Gasteiger partial charge on any atom is -0.228 e. The van der Waals surface area contributed by atoms with Gasteiger partial charge in [0.05, 0.1) is 23.0 Å². The van der Waals surface area contributed by atoms with Crippen molar-refractivity contribution in [2.24, 2.45) is 0 Å². The molecule has 11 aromatic rings. The zero-order valence-electron chi connectivity index (χ0n) is 36.8. The second kappa shape index (κ2) is 18.6. The Morgan fingerprint density at radius 3 is 1.24 bits per heavy atom. The molecular weight excluding hydrogens is 829 g/mol. The van der Waals surface area contributed by atoms with Crippen molar-refractivity contribution in [2.45, 2.75) is 0 Å². The van der Waals surface area contributed by atoms with Gasteiger partial charge in [-0.3, -0.25) is 0 Å². The van der Waals surface area contributed by atoms with E-state index in [1.807, 2.05) is 115 Å². The topological polar surface area (TPSA) is 88.2 Å². The molecule has 0 amide bonds. The summed E-state index contributed by atoms with van der Waals surface area (Å²) in [5, 5.41) is 9.55. The third-order valence-corrected chi connectivity index (χ3v) is 12.0. The fraction of sp³-hybridized carbons (Fsp3) is 0. The molecule has 0 aliphatic rings. The van der Waals surface area contributed by atoms with Crippen molar-refractivity contribution in [3.05, 3.63) is 248 Å². The van der Waals surface area contributed by atoms with E-state index in [1.165, 1.54) is 0 Å². The van der Waals surface area contributed by atoms with Gasteiger partial charge in [0.1, 0.15) is 0 Å². The van der Waals surface area contributed by atoms with E-state index in [-0.39, 0.29) is 0 Å². The van der Waals surface area contributed by atoms with Crippen LogP contribution in [0.3, 0.4) is 0 Å². The molecule has 6 nitrogen and oxygen atoms in total. The molecule has 68 heavy (non-hydrogen) atoms. The first kappa shape index (κ1) is 41.3. The molecule has 0 radical (unpaired) electrons. The summed E-state index contributed by atoms with van der Waals surface area (Å²) < 4.78 is 0. The van der Waals surface area contributed by atoms with E-state index >= 15 is 0 Å². The molecule has 9 aromatic carbocycles. The quantitative estimate of drug-likeness (QED) is 0.136. The SMILES string of the molecule is N#Cc1cccc(-c2cccc(-c3cccc(-c4nc(-c5ccccc5)nc(-c5ccc(-c6ccccc6-c6nc(-c7ccccc7)cc(-c7ccccc7)n6)cc5-c5ccccc5)n4)c3)c2)c1. The Hall–Kier alpha value is -9.44. The van der Waals surface area contributed by atoms with Crippen LogP contribution in [0.1, 0.15) is 5.56 Å². The van der Waals surface area contributed by atoms with Crippen molar-refractivity contribution < 1.29 is 0 Å². The van der Waals surface area contributed by atoms with Gasteiger partial charge in [0, 0.05) is 33.4 Å². The van der Waals surface area contributed by atoms with Crippen molar-refractivity contribution in [3.63, 3.8) is 0 Å². The van der Waals surface area contributed by atoms with E-state index in [2.05, 4.69) is 133 Å². The van der Waals surface area contributed by atoms with Crippen molar-refractivity contribution >= 4 is 0 Å². The summed E-state index contributed by atoms with van der Waals surface area (Å²) in [6.07, 6.45) is 0. The van der Waals surface area contributed by atoms with Crippen LogP contribution >= 0.6 is 0 Å². The highest BCUT2D eigenvalue weighted by molar-refractivity contribution is 5.90. The highest BCUT2D eigenvalue weighted by atomic mass is 15.0. The largest absolute Gasteiger partial charge is 0.228 e. The van der Waals surface area contributed by atoms with Crippen LogP contribution in [0.25, 0.3) is 113 Å². The highest BCUT2D eigenvalue weighted by Crippen LogP contribution is 2.40. The third kappa shape index (κ3) is 8.59. The summed E-state index contributed by atoms with van der Waals surface area (Å²) in [7, 11) is 0. The van der Waals surface area contributed by atoms with Crippen LogP contribution in [-0.4, -0.2) is 24.9 Å². The predicted octanol–water partition coefficient (Wildman–Crippen LogP) is 15.2. The normalized spacial score (nSPS) is 10.9. The first-order chi connectivity index (χ1) is 33.6. The Morgan fingerprint density at radius 1 is 0.235 bits per heavy atom. The van der Waals surface area contributed by atoms with E-state index in [0.717, 1.165) is 89.3 Å². The maximum Gasteiger partial charge on any atom is 0.164 e. The van der Waals surface area contributed by atoms with Gasteiger partial charge in [0.25, 0.3) is 0 Å². The standard InChI is InChI=1S/C62H40N6/c63-41-42-18-15-27-47(36-42)48-28-16-29-49(37-48)50-30-17-31-52(38-50)60-66-59(46-25-11-4-12-26-46)67-62(68-60)55-35-34-51(39-56(55)43-19-5-1-6-20-43)53-32-13-14-33-54(53)61-64-57(44-21-7-2-8-22-44)40-58(65-61)45-23-9-3-10-24-45/h1-40H. The molecule has 0 fully saturated rings. The average Bonchev–Trinajstić information content (AvgIpc) is 3.43. The molecule has 0 saturated carbocycles. The number of benzene rings is 9. The summed E-state index contributed by atoms with van der Waals surface area (Å²) in [4.78, 5) is 26.0. The van der Waals surface area contributed by atoms with Crippen molar-refractivity contribution in [2.75, 3.05) is 0 Å². The highest BCUT2D eigenvalue weighted by Gasteiger charge is 2.20. The number of nitriles is 1. The van der Waals surface area contributed by atoms with Gasteiger partial charge in [0.15, 0.2) is 23.3 Å². The molecule has 0 atom stereocenters. The van der Waals surface area contributed by atoms with Gasteiger partial charge >= 0.3 is 0 Å². The summed E-state index contributed by atoms with van der Waals surface area (Å²) in [6, 6.07) is 84.6. The lowest BCUT2D eigenvalue weighted by molar-refractivity contribution is 1.07. The van der Waals surface area contributed by atoms with Gasteiger partial charge in [-0.1, -0.05) is 200 Å². The molecular formula is C62H40N6.